The van der Waals surface area contributed by atoms with Crippen LogP contribution in [0.15, 0.2) is 0 Å². The molecule has 0 saturated heterocycles. The zero-order valence-corrected chi connectivity index (χ0v) is 17.2. The van der Waals surface area contributed by atoms with E-state index in [2.05, 4.69) is 0 Å². The number of halogens is 12. The monoisotopic (exact) mass is 472 g/mol. The highest BCUT2D eigenvalue weighted by Gasteiger charge is 2.96. The third kappa shape index (κ3) is 3.88. The van der Waals surface area contributed by atoms with Crippen LogP contribution in [0.4, 0.5) is 52.7 Å². The molecule has 29 heavy (non-hydrogen) atoms. The van der Waals surface area contributed by atoms with Gasteiger partial charge in [-0.25, -0.2) is 52.7 Å². The molecule has 0 aromatic rings. The number of hydrogen-bond acceptors (Lipinski definition) is 0. The first kappa shape index (κ1) is 28.4. The maximum absolute atomic E-state index is 14.9. The fraction of sp³-hybridized carbons (Fsp3) is 1.00. The summed E-state index contributed by atoms with van der Waals surface area (Å²) in [5.41, 5.74) is -25.1. The molecule has 0 heterocycles. The second kappa shape index (κ2) is 9.25. The smallest absolute Gasteiger partial charge is 0.241 e. The lowest BCUT2D eigenvalue weighted by molar-refractivity contribution is -0.146. The van der Waals surface area contributed by atoms with Crippen molar-refractivity contribution >= 4 is 8.07 Å². The van der Waals surface area contributed by atoms with Crippen molar-refractivity contribution in [2.75, 3.05) is 0 Å². The van der Waals surface area contributed by atoms with Gasteiger partial charge in [0.15, 0.2) is 24.7 Å². The van der Waals surface area contributed by atoms with E-state index in [1.165, 1.54) is 0 Å². The van der Waals surface area contributed by atoms with Crippen molar-refractivity contribution in [3.8, 4) is 0 Å². The van der Waals surface area contributed by atoms with Crippen LogP contribution in [-0.4, -0.2) is 54.9 Å². The highest BCUT2D eigenvalue weighted by molar-refractivity contribution is 6.89. The molecule has 0 N–H and O–H groups in total. The van der Waals surface area contributed by atoms with E-state index in [1.807, 2.05) is 0 Å². The topological polar surface area (TPSA) is 0 Å². The molecule has 13 heteroatoms. The SMILES string of the molecule is CCC(F)C(F)(F)[Si](C(F)(F)C(F)CC)(C(F)(F)C(F)CC)C(F)(F)C(F)CC. The highest BCUT2D eigenvalue weighted by Crippen LogP contribution is 2.61. The van der Waals surface area contributed by atoms with Crippen LogP contribution >= 0.6 is 0 Å². The molecule has 0 rings (SSSR count). The van der Waals surface area contributed by atoms with E-state index in [4.69, 9.17) is 0 Å². The largest absolute Gasteiger partial charge is 0.390 e. The van der Waals surface area contributed by atoms with Gasteiger partial charge in [0, 0.05) is 0 Å². The predicted octanol–water partition coefficient (Wildman–Crippen LogP) is 7.13. The maximum atomic E-state index is 14.9. The molecule has 0 aliphatic rings. The lowest BCUT2D eigenvalue weighted by Gasteiger charge is -2.52. The Bertz CT molecular complexity index is 431. The van der Waals surface area contributed by atoms with E-state index in [9.17, 15) is 52.7 Å². The van der Waals surface area contributed by atoms with Crippen LogP contribution in [-0.2, 0) is 0 Å². The summed E-state index contributed by atoms with van der Waals surface area (Å²) in [5, 5.41) is 0. The Kier molecular flexibility index (Phi) is 9.05. The molecule has 0 spiro atoms. The van der Waals surface area contributed by atoms with Crippen molar-refractivity contribution < 1.29 is 52.7 Å². The van der Waals surface area contributed by atoms with Gasteiger partial charge in [-0.3, -0.25) is 0 Å². The van der Waals surface area contributed by atoms with Gasteiger partial charge in [0.1, 0.15) is 0 Å². The zero-order chi connectivity index (χ0) is 23.6. The quantitative estimate of drug-likeness (QED) is 0.210. The van der Waals surface area contributed by atoms with Crippen molar-refractivity contribution in [3.63, 3.8) is 0 Å². The Morgan fingerprint density at radius 1 is 0.448 bits per heavy atom. The van der Waals surface area contributed by atoms with Gasteiger partial charge in [0.25, 0.3) is 22.2 Å². The summed E-state index contributed by atoms with van der Waals surface area (Å²) in [6, 6.07) is 0. The normalized spacial score (nSPS) is 20.7. The van der Waals surface area contributed by atoms with E-state index in [-0.39, 0.29) is 0 Å². The molecule has 0 aliphatic heterocycles. The van der Waals surface area contributed by atoms with Crippen molar-refractivity contribution in [1.82, 2.24) is 0 Å². The molecule has 0 saturated carbocycles. The van der Waals surface area contributed by atoms with Crippen LogP contribution in [0.2, 0.25) is 0 Å². The van der Waals surface area contributed by atoms with Gasteiger partial charge in [-0.2, -0.15) is 0 Å². The lowest BCUT2D eigenvalue weighted by Crippen LogP contribution is -2.89. The van der Waals surface area contributed by atoms with Gasteiger partial charge in [0.2, 0.25) is 0 Å². The first-order valence-corrected chi connectivity index (χ1v) is 11.0. The van der Waals surface area contributed by atoms with Gasteiger partial charge in [0.05, 0.1) is 0 Å². The van der Waals surface area contributed by atoms with Crippen molar-refractivity contribution in [1.29, 1.82) is 0 Å². The van der Waals surface area contributed by atoms with Crippen molar-refractivity contribution in [2.45, 2.75) is 100 Å². The second-order valence-corrected chi connectivity index (χ2v) is 10.9. The average Bonchev–Trinajstić information content (AvgIpc) is 2.63. The Morgan fingerprint density at radius 2 is 0.586 bits per heavy atom. The van der Waals surface area contributed by atoms with Gasteiger partial charge >= 0.3 is 8.07 Å². The Morgan fingerprint density at radius 3 is 0.690 bits per heavy atom. The first-order valence-electron chi connectivity index (χ1n) is 9.00. The van der Waals surface area contributed by atoms with Crippen LogP contribution in [0.3, 0.4) is 0 Å². The molecule has 0 fully saturated rings. The molecule has 0 aromatic carbocycles. The number of hydrogen-bond donors (Lipinski definition) is 0. The minimum absolute atomic E-state index is 0.554. The minimum atomic E-state index is -8.88. The minimum Gasteiger partial charge on any atom is -0.241 e. The third-order valence-corrected chi connectivity index (χ3v) is 10.3. The molecule has 0 nitrogen and oxygen atoms in total. The van der Waals surface area contributed by atoms with Crippen molar-refractivity contribution in [2.24, 2.45) is 0 Å². The van der Waals surface area contributed by atoms with E-state index in [0.29, 0.717) is 27.7 Å². The van der Waals surface area contributed by atoms with E-state index >= 15 is 0 Å². The summed E-state index contributed by atoms with van der Waals surface area (Å²) in [7, 11) is -8.88. The van der Waals surface area contributed by atoms with Crippen LogP contribution in [0.25, 0.3) is 0 Å². The van der Waals surface area contributed by atoms with E-state index in [1.54, 1.807) is 0 Å². The number of alkyl halides is 12. The summed E-state index contributed by atoms with van der Waals surface area (Å²) < 4.78 is 175. The summed E-state index contributed by atoms with van der Waals surface area (Å²) in [5.74, 6) is 0. The second-order valence-electron chi connectivity index (χ2n) is 6.75. The van der Waals surface area contributed by atoms with Crippen LogP contribution in [0, 0.1) is 0 Å². The van der Waals surface area contributed by atoms with Gasteiger partial charge in [-0.05, 0) is 25.7 Å². The van der Waals surface area contributed by atoms with E-state index in [0.717, 1.165) is 0 Å². The molecule has 0 bridgehead atoms. The van der Waals surface area contributed by atoms with Crippen LogP contribution in [0.1, 0.15) is 53.4 Å². The van der Waals surface area contributed by atoms with Crippen LogP contribution in [0.5, 0.6) is 0 Å². The Labute approximate surface area is 162 Å². The standard InChI is InChI=1S/C16H24F12Si/c1-5-9(17)13(21,22)29(14(23,24)10(18)6-2,15(25,26)11(19)7-3)16(27,28)12(20)8-4/h9-12H,5-8H2,1-4H3. The zero-order valence-electron chi connectivity index (χ0n) is 16.2. The molecular formula is C16H24F12Si. The summed E-state index contributed by atoms with van der Waals surface area (Å²) in [6.07, 6.45) is -22.1. The number of rotatable bonds is 12. The first-order chi connectivity index (χ1) is 12.9. The van der Waals surface area contributed by atoms with Gasteiger partial charge < -0.3 is 0 Å². The third-order valence-electron chi connectivity index (χ3n) is 5.01. The molecule has 176 valence electrons. The summed E-state index contributed by atoms with van der Waals surface area (Å²) >= 11 is 0. The predicted molar refractivity (Wildman–Crippen MR) is 86.3 cm³/mol. The van der Waals surface area contributed by atoms with E-state index < -0.39 is 80.6 Å². The summed E-state index contributed by atoms with van der Waals surface area (Å²) in [6.45, 7) is 2.22. The van der Waals surface area contributed by atoms with Crippen molar-refractivity contribution in [3.05, 3.63) is 0 Å². The molecule has 4 unspecified atom stereocenters. The average molecular weight is 472 g/mol. The van der Waals surface area contributed by atoms with Crippen LogP contribution < -0.4 is 0 Å². The van der Waals surface area contributed by atoms with Gasteiger partial charge in [-0.1, -0.05) is 27.7 Å². The Balaban J connectivity index is 7.76. The lowest BCUT2D eigenvalue weighted by atomic mass is 10.3. The molecular weight excluding hydrogens is 448 g/mol. The highest BCUT2D eigenvalue weighted by atomic mass is 28.3. The fourth-order valence-electron chi connectivity index (χ4n) is 3.30. The summed E-state index contributed by atoms with van der Waals surface area (Å²) in [4.78, 5) is 0. The van der Waals surface area contributed by atoms with Gasteiger partial charge in [-0.15, -0.1) is 0 Å². The molecule has 4 atom stereocenters. The molecule has 0 radical (unpaired) electrons. The Hall–Kier alpha value is -0.623. The maximum Gasteiger partial charge on any atom is 0.390 e. The molecule has 0 aliphatic carbocycles. The fourth-order valence-corrected chi connectivity index (χ4v) is 8.66. The molecule has 0 amide bonds. The molecule has 0 aromatic heterocycles.